The third-order valence-corrected chi connectivity index (χ3v) is 11.6. The Morgan fingerprint density at radius 3 is 1.89 bits per heavy atom. The highest BCUT2D eigenvalue weighted by molar-refractivity contribution is 6.99. The van der Waals surface area contributed by atoms with E-state index in [1.165, 1.54) is 0 Å². The van der Waals surface area contributed by atoms with Crippen LogP contribution in [0.4, 0.5) is 4.79 Å². The van der Waals surface area contributed by atoms with Gasteiger partial charge in [-0.25, -0.2) is 4.79 Å². The molecule has 1 aliphatic rings. The molecule has 0 radical (unpaired) electrons. The van der Waals surface area contributed by atoms with Crippen LogP contribution in [0.3, 0.4) is 0 Å². The topological polar surface area (TPSA) is 76.1 Å². The number of rotatable bonds is 6. The first-order valence-electron chi connectivity index (χ1n) is 12.3. The van der Waals surface area contributed by atoms with Crippen LogP contribution < -0.4 is 10.4 Å². The van der Waals surface area contributed by atoms with Crippen molar-refractivity contribution < 1.29 is 23.9 Å². The van der Waals surface area contributed by atoms with Crippen molar-refractivity contribution in [3.63, 3.8) is 0 Å². The molecule has 6 nitrogen and oxygen atoms in total. The van der Waals surface area contributed by atoms with Gasteiger partial charge < -0.3 is 19.2 Å². The summed E-state index contributed by atoms with van der Waals surface area (Å²) in [5.41, 5.74) is -0.670. The van der Waals surface area contributed by atoms with Crippen molar-refractivity contribution in [1.29, 1.82) is 0 Å². The van der Waals surface area contributed by atoms with E-state index in [0.717, 1.165) is 10.4 Å². The van der Waals surface area contributed by atoms with Crippen LogP contribution in [-0.2, 0) is 14.0 Å². The summed E-state index contributed by atoms with van der Waals surface area (Å²) in [6, 6.07) is 19.8. The number of carbonyl (C=O) groups excluding carboxylic acids is 1. The highest BCUT2D eigenvalue weighted by Gasteiger charge is 2.51. The molecule has 2 atom stereocenters. The lowest BCUT2D eigenvalue weighted by Crippen LogP contribution is -2.68. The SMILES string of the molecule is CC(C)(C)OC(=O)N1CCCC(C(=O)O)C1CO[Si](c1ccccc1)(c1ccccc1)C(C)(C)C. The molecule has 0 spiro atoms. The van der Waals surface area contributed by atoms with E-state index in [-0.39, 0.29) is 11.6 Å². The van der Waals surface area contributed by atoms with Gasteiger partial charge in [0, 0.05) is 6.54 Å². The van der Waals surface area contributed by atoms with Crippen LogP contribution in [-0.4, -0.2) is 55.2 Å². The second-order valence-electron chi connectivity index (χ2n) is 11.3. The van der Waals surface area contributed by atoms with Gasteiger partial charge in [-0.3, -0.25) is 4.79 Å². The van der Waals surface area contributed by atoms with E-state index in [1.54, 1.807) is 4.90 Å². The van der Waals surface area contributed by atoms with E-state index in [2.05, 4.69) is 45.0 Å². The number of likely N-dealkylation sites (tertiary alicyclic amines) is 1. The molecule has 0 aromatic heterocycles. The van der Waals surface area contributed by atoms with Gasteiger partial charge in [-0.2, -0.15) is 0 Å². The van der Waals surface area contributed by atoms with Gasteiger partial charge in [0.2, 0.25) is 0 Å². The quantitative estimate of drug-likeness (QED) is 0.588. The van der Waals surface area contributed by atoms with E-state index in [0.29, 0.717) is 19.4 Å². The number of benzene rings is 2. The van der Waals surface area contributed by atoms with E-state index in [4.69, 9.17) is 9.16 Å². The molecular weight excluding hydrogens is 458 g/mol. The number of ether oxygens (including phenoxy) is 1. The summed E-state index contributed by atoms with van der Waals surface area (Å²) in [5.74, 6) is -1.62. The lowest BCUT2D eigenvalue weighted by atomic mass is 9.90. The normalized spacial score (nSPS) is 19.3. The Morgan fingerprint density at radius 2 is 1.46 bits per heavy atom. The van der Waals surface area contributed by atoms with Crippen molar-refractivity contribution in [1.82, 2.24) is 4.90 Å². The summed E-state index contributed by atoms with van der Waals surface area (Å²) in [6.45, 7) is 12.6. The first-order valence-corrected chi connectivity index (χ1v) is 14.2. The largest absolute Gasteiger partial charge is 0.481 e. The minimum atomic E-state index is -2.88. The average Bonchev–Trinajstić information content (AvgIpc) is 2.78. The van der Waals surface area contributed by atoms with Gasteiger partial charge in [0.05, 0.1) is 18.6 Å². The van der Waals surface area contributed by atoms with Gasteiger partial charge in [0.15, 0.2) is 0 Å². The Balaban J connectivity index is 2.06. The standard InChI is InChI=1S/C28H39NO5Si/c1-27(2,3)34-26(32)29-19-13-18-23(25(30)31)24(29)20-33-35(28(4,5)6,21-14-9-7-10-15-21)22-16-11-8-12-17-22/h7-12,14-17,23-24H,13,18-20H2,1-6H3,(H,30,31). The fraction of sp³-hybridized carbons (Fsp3) is 0.500. The number of hydrogen-bond donors (Lipinski definition) is 1. The third-order valence-electron chi connectivity index (χ3n) is 6.61. The molecule has 1 saturated heterocycles. The van der Waals surface area contributed by atoms with Gasteiger partial charge in [-0.05, 0) is 49.0 Å². The Labute approximate surface area is 210 Å². The van der Waals surface area contributed by atoms with Crippen molar-refractivity contribution >= 4 is 30.8 Å². The van der Waals surface area contributed by atoms with Crippen LogP contribution in [0.2, 0.25) is 5.04 Å². The molecule has 2 aromatic rings. The summed E-state index contributed by atoms with van der Waals surface area (Å²) >= 11 is 0. The minimum Gasteiger partial charge on any atom is -0.481 e. The van der Waals surface area contributed by atoms with Crippen LogP contribution in [0.15, 0.2) is 60.7 Å². The Bertz CT molecular complexity index is 958. The van der Waals surface area contributed by atoms with E-state index in [1.807, 2.05) is 57.2 Å². The summed E-state index contributed by atoms with van der Waals surface area (Å²) < 4.78 is 12.7. The number of carboxylic acids is 1. The summed E-state index contributed by atoms with van der Waals surface area (Å²) in [7, 11) is -2.88. The van der Waals surface area contributed by atoms with E-state index >= 15 is 0 Å². The molecule has 190 valence electrons. The average molecular weight is 498 g/mol. The Hall–Kier alpha value is -2.64. The molecule has 1 N–H and O–H groups in total. The Kier molecular flexibility index (Phi) is 8.12. The van der Waals surface area contributed by atoms with E-state index in [9.17, 15) is 14.7 Å². The molecular formula is C28H39NO5Si. The molecule has 1 fully saturated rings. The van der Waals surface area contributed by atoms with E-state index < -0.39 is 37.9 Å². The summed E-state index contributed by atoms with van der Waals surface area (Å²) in [6.07, 6.45) is 0.634. The number of nitrogens with zero attached hydrogens (tertiary/aromatic N) is 1. The van der Waals surface area contributed by atoms with Crippen LogP contribution in [0, 0.1) is 5.92 Å². The molecule has 2 aromatic carbocycles. The number of amides is 1. The number of aliphatic carboxylic acids is 1. The smallest absolute Gasteiger partial charge is 0.410 e. The van der Waals surface area contributed by atoms with Gasteiger partial charge >= 0.3 is 12.1 Å². The number of carboxylic acid groups (broad SMARTS) is 1. The maximum Gasteiger partial charge on any atom is 0.410 e. The second kappa shape index (κ2) is 10.5. The molecule has 0 saturated carbocycles. The molecule has 0 aliphatic carbocycles. The van der Waals surface area contributed by atoms with Gasteiger partial charge in [-0.15, -0.1) is 0 Å². The number of hydrogen-bond acceptors (Lipinski definition) is 4. The zero-order valence-electron chi connectivity index (χ0n) is 21.8. The molecule has 1 amide bonds. The maximum absolute atomic E-state index is 13.1. The van der Waals surface area contributed by atoms with Crippen LogP contribution in [0.5, 0.6) is 0 Å². The fourth-order valence-electron chi connectivity index (χ4n) is 5.07. The van der Waals surface area contributed by atoms with Crippen molar-refractivity contribution in [3.05, 3.63) is 60.7 Å². The van der Waals surface area contributed by atoms with Crippen molar-refractivity contribution in [2.45, 2.75) is 71.1 Å². The highest BCUT2D eigenvalue weighted by Crippen LogP contribution is 2.38. The predicted molar refractivity (Wildman–Crippen MR) is 141 cm³/mol. The minimum absolute atomic E-state index is 0.128. The predicted octanol–water partition coefficient (Wildman–Crippen LogP) is 4.66. The molecule has 35 heavy (non-hydrogen) atoms. The van der Waals surface area contributed by atoms with Gasteiger partial charge in [-0.1, -0.05) is 81.4 Å². The van der Waals surface area contributed by atoms with Crippen molar-refractivity contribution in [3.8, 4) is 0 Å². The van der Waals surface area contributed by atoms with Gasteiger partial charge in [0.1, 0.15) is 5.60 Å². The lowest BCUT2D eigenvalue weighted by molar-refractivity contribution is -0.146. The molecule has 7 heteroatoms. The first kappa shape index (κ1) is 27.0. The van der Waals surface area contributed by atoms with Crippen LogP contribution in [0.25, 0.3) is 0 Å². The zero-order valence-corrected chi connectivity index (χ0v) is 22.8. The van der Waals surface area contributed by atoms with Crippen LogP contribution >= 0.6 is 0 Å². The molecule has 2 unspecified atom stereocenters. The Morgan fingerprint density at radius 1 is 0.943 bits per heavy atom. The maximum atomic E-state index is 13.1. The van der Waals surface area contributed by atoms with Gasteiger partial charge in [0.25, 0.3) is 8.32 Å². The lowest BCUT2D eigenvalue weighted by Gasteiger charge is -2.46. The second-order valence-corrected chi connectivity index (χ2v) is 15.6. The first-order chi connectivity index (χ1) is 16.4. The molecule has 0 bridgehead atoms. The summed E-state index contributed by atoms with van der Waals surface area (Å²) in [4.78, 5) is 27.0. The fourth-order valence-corrected chi connectivity index (χ4v) is 9.65. The summed E-state index contributed by atoms with van der Waals surface area (Å²) in [5, 5.41) is 12.0. The number of carbonyl (C=O) groups is 2. The molecule has 1 aliphatic heterocycles. The zero-order chi connectivity index (χ0) is 25.9. The van der Waals surface area contributed by atoms with Crippen LogP contribution in [0.1, 0.15) is 54.4 Å². The van der Waals surface area contributed by atoms with Crippen molar-refractivity contribution in [2.24, 2.45) is 5.92 Å². The molecule has 1 heterocycles. The van der Waals surface area contributed by atoms with Crippen molar-refractivity contribution in [2.75, 3.05) is 13.2 Å². The highest BCUT2D eigenvalue weighted by atomic mass is 28.4. The monoisotopic (exact) mass is 497 g/mol. The molecule has 3 rings (SSSR count). The number of piperidine rings is 1. The third kappa shape index (κ3) is 5.96.